The molecule has 0 unspecified atom stereocenters. The summed E-state index contributed by atoms with van der Waals surface area (Å²) in [7, 11) is 0. The van der Waals surface area contributed by atoms with Gasteiger partial charge in [-0.3, -0.25) is 9.80 Å². The molecule has 2 N–H and O–H groups in total. The summed E-state index contributed by atoms with van der Waals surface area (Å²) in [6.07, 6.45) is 5.03. The van der Waals surface area contributed by atoms with Crippen LogP contribution in [0.3, 0.4) is 0 Å². The van der Waals surface area contributed by atoms with Gasteiger partial charge >= 0.3 is 0 Å². The van der Waals surface area contributed by atoms with E-state index < -0.39 is 0 Å². The molecule has 0 bridgehead atoms. The van der Waals surface area contributed by atoms with Gasteiger partial charge < -0.3 is 10.2 Å². The molecule has 4 heteroatoms. The number of hydrogen-bond donors (Lipinski definition) is 2. The quantitative estimate of drug-likeness (QED) is 0.449. The lowest BCUT2D eigenvalue weighted by molar-refractivity contribution is 0.0651. The Morgan fingerprint density at radius 2 is 0.941 bits per heavy atom. The summed E-state index contributed by atoms with van der Waals surface area (Å²) >= 11 is 0. The molecule has 4 nitrogen and oxygen atoms in total. The van der Waals surface area contributed by atoms with Crippen molar-refractivity contribution < 1.29 is 10.2 Å². The van der Waals surface area contributed by atoms with E-state index >= 15 is 0 Å². The summed E-state index contributed by atoms with van der Waals surface area (Å²) in [5.41, 5.74) is 2.13. The summed E-state index contributed by atoms with van der Waals surface area (Å²) < 4.78 is 0. The van der Waals surface area contributed by atoms with Gasteiger partial charge in [0.25, 0.3) is 0 Å². The number of rotatable bonds is 8. The molecule has 0 aliphatic heterocycles. The van der Waals surface area contributed by atoms with Crippen LogP contribution in [-0.4, -0.2) is 44.2 Å². The van der Waals surface area contributed by atoms with Gasteiger partial charge in [-0.2, -0.15) is 0 Å². The van der Waals surface area contributed by atoms with E-state index in [-0.39, 0.29) is 11.1 Å². The first-order valence-electron chi connectivity index (χ1n) is 13.0. The second-order valence-corrected chi connectivity index (χ2v) is 12.2. The zero-order chi connectivity index (χ0) is 24.9. The van der Waals surface area contributed by atoms with Crippen LogP contribution >= 0.6 is 0 Å². The lowest BCUT2D eigenvalue weighted by atomic mass is 9.80. The van der Waals surface area contributed by atoms with Gasteiger partial charge in [-0.05, 0) is 91.2 Å². The maximum absolute atomic E-state index is 10.3. The molecule has 0 aromatic heterocycles. The molecule has 3 rings (SSSR count). The molecule has 0 radical (unpaired) electrons. The van der Waals surface area contributed by atoms with E-state index in [2.05, 4.69) is 51.3 Å². The third-order valence-corrected chi connectivity index (χ3v) is 7.53. The summed E-state index contributed by atoms with van der Waals surface area (Å²) in [5, 5.41) is 20.6. The molecule has 0 spiro atoms. The summed E-state index contributed by atoms with van der Waals surface area (Å²) in [4.78, 5) is 5.07. The predicted octanol–water partition coefficient (Wildman–Crippen LogP) is 6.81. The molecule has 0 heterocycles. The normalized spacial score (nSPS) is 19.6. The van der Waals surface area contributed by atoms with Gasteiger partial charge in [-0.1, -0.05) is 36.4 Å². The van der Waals surface area contributed by atoms with Crippen molar-refractivity contribution in [3.05, 3.63) is 59.7 Å². The number of nitrogens with zero attached hydrogens (tertiary/aromatic N) is 2. The van der Waals surface area contributed by atoms with Crippen molar-refractivity contribution in [3.63, 3.8) is 0 Å². The molecule has 1 aliphatic rings. The van der Waals surface area contributed by atoms with Gasteiger partial charge in [0.05, 0.1) is 0 Å². The average molecular weight is 467 g/mol. The number of phenols is 2. The van der Waals surface area contributed by atoms with Gasteiger partial charge in [0.1, 0.15) is 11.5 Å². The molecule has 0 amide bonds. The van der Waals surface area contributed by atoms with E-state index in [1.54, 1.807) is 12.1 Å². The Bertz CT molecular complexity index is 829. The van der Waals surface area contributed by atoms with Gasteiger partial charge in [0.15, 0.2) is 0 Å². The van der Waals surface area contributed by atoms with E-state index in [9.17, 15) is 10.2 Å². The maximum Gasteiger partial charge on any atom is 0.120 e. The number of aromatic hydroxyl groups is 2. The van der Waals surface area contributed by atoms with Gasteiger partial charge in [0, 0.05) is 48.4 Å². The number of hydrogen-bond acceptors (Lipinski definition) is 4. The van der Waals surface area contributed by atoms with Crippen molar-refractivity contribution in [2.24, 2.45) is 11.8 Å². The van der Waals surface area contributed by atoms with Crippen LogP contribution in [0.25, 0.3) is 0 Å². The number of benzene rings is 2. The highest BCUT2D eigenvalue weighted by atomic mass is 16.3. The molecule has 1 fully saturated rings. The molecule has 34 heavy (non-hydrogen) atoms. The first kappa shape index (κ1) is 26.6. The zero-order valence-corrected chi connectivity index (χ0v) is 22.2. The second kappa shape index (κ2) is 11.1. The van der Waals surface area contributed by atoms with E-state index in [1.165, 1.54) is 25.7 Å². The Balaban J connectivity index is 1.58. The molecule has 1 aliphatic carbocycles. The van der Waals surface area contributed by atoms with Crippen molar-refractivity contribution in [2.75, 3.05) is 13.1 Å². The molecular formula is C30H46N2O2. The number of phenolic OH excluding ortho intramolecular Hbond substituents is 2. The lowest BCUT2D eigenvalue weighted by Gasteiger charge is -2.42. The highest BCUT2D eigenvalue weighted by molar-refractivity contribution is 5.32. The minimum absolute atomic E-state index is 0.0554. The fourth-order valence-electron chi connectivity index (χ4n) is 5.07. The Kier molecular flexibility index (Phi) is 8.70. The fraction of sp³-hybridized carbons (Fsp3) is 0.600. The van der Waals surface area contributed by atoms with Crippen LogP contribution in [0.15, 0.2) is 48.5 Å². The first-order chi connectivity index (χ1) is 15.9. The van der Waals surface area contributed by atoms with E-state index in [0.717, 1.165) is 37.3 Å². The lowest BCUT2D eigenvalue weighted by Crippen LogP contribution is -2.46. The molecule has 188 valence electrons. The van der Waals surface area contributed by atoms with Crippen LogP contribution in [0.1, 0.15) is 78.4 Å². The van der Waals surface area contributed by atoms with Crippen LogP contribution in [0, 0.1) is 11.8 Å². The predicted molar refractivity (Wildman–Crippen MR) is 142 cm³/mol. The van der Waals surface area contributed by atoms with Crippen LogP contribution in [0.4, 0.5) is 0 Å². The Hall–Kier alpha value is -2.04. The fourth-order valence-corrected chi connectivity index (χ4v) is 5.07. The highest BCUT2D eigenvalue weighted by Crippen LogP contribution is 2.34. The third kappa shape index (κ3) is 7.48. The third-order valence-electron chi connectivity index (χ3n) is 7.53. The van der Waals surface area contributed by atoms with Crippen molar-refractivity contribution in [3.8, 4) is 11.5 Å². The van der Waals surface area contributed by atoms with E-state index in [4.69, 9.17) is 0 Å². The summed E-state index contributed by atoms with van der Waals surface area (Å²) in [6.45, 7) is 17.4. The van der Waals surface area contributed by atoms with Crippen molar-refractivity contribution >= 4 is 0 Å². The Morgan fingerprint density at radius 3 is 1.24 bits per heavy atom. The largest absolute Gasteiger partial charge is 0.508 e. The van der Waals surface area contributed by atoms with Gasteiger partial charge in [0.2, 0.25) is 0 Å². The highest BCUT2D eigenvalue weighted by Gasteiger charge is 2.31. The van der Waals surface area contributed by atoms with Crippen molar-refractivity contribution in [1.82, 2.24) is 9.80 Å². The van der Waals surface area contributed by atoms with Crippen LogP contribution in [0.2, 0.25) is 0 Å². The molecule has 2 aromatic carbocycles. The minimum atomic E-state index is 0.0554. The molecular weight excluding hydrogens is 420 g/mol. The van der Waals surface area contributed by atoms with Crippen LogP contribution in [-0.2, 0) is 13.1 Å². The Morgan fingerprint density at radius 1 is 0.618 bits per heavy atom. The minimum Gasteiger partial charge on any atom is -0.508 e. The first-order valence-corrected chi connectivity index (χ1v) is 13.0. The second-order valence-electron chi connectivity index (χ2n) is 12.2. The molecule has 1 saturated carbocycles. The SMILES string of the molecule is CC(C)(C)N(Cc1ccccc1O)CC1CCC(CN(Cc2ccccc2O)C(C)(C)C)CC1. The standard InChI is InChI=1S/C30H46N2O2/c1-29(2,3)31(21-25-11-7-9-13-27(25)33)19-23-15-17-24(18-16-23)20-32(30(4,5)6)22-26-12-8-10-14-28(26)34/h7-14,23-24,33-34H,15-22H2,1-6H3. The van der Waals surface area contributed by atoms with Gasteiger partial charge in [-0.15, -0.1) is 0 Å². The van der Waals surface area contributed by atoms with Crippen molar-refractivity contribution in [2.45, 2.75) is 91.4 Å². The van der Waals surface area contributed by atoms with Crippen molar-refractivity contribution in [1.29, 1.82) is 0 Å². The topological polar surface area (TPSA) is 46.9 Å². The molecule has 0 atom stereocenters. The monoisotopic (exact) mass is 466 g/mol. The smallest absolute Gasteiger partial charge is 0.120 e. The Labute approximate surface area is 207 Å². The molecule has 0 saturated heterocycles. The van der Waals surface area contributed by atoms with Gasteiger partial charge in [-0.25, -0.2) is 0 Å². The van der Waals surface area contributed by atoms with E-state index in [0.29, 0.717) is 23.3 Å². The maximum atomic E-state index is 10.3. The van der Waals surface area contributed by atoms with Crippen LogP contribution in [0.5, 0.6) is 11.5 Å². The number of para-hydroxylation sites is 2. The average Bonchev–Trinajstić information content (AvgIpc) is 2.75. The molecule has 2 aromatic rings. The van der Waals surface area contributed by atoms with Crippen LogP contribution < -0.4 is 0 Å². The summed E-state index contributed by atoms with van der Waals surface area (Å²) in [5.74, 6) is 2.18. The summed E-state index contributed by atoms with van der Waals surface area (Å²) in [6, 6.07) is 15.5. The zero-order valence-electron chi connectivity index (χ0n) is 22.2. The van der Waals surface area contributed by atoms with E-state index in [1.807, 2.05) is 36.4 Å².